The van der Waals surface area contributed by atoms with Gasteiger partial charge in [-0.15, -0.1) is 0 Å². The van der Waals surface area contributed by atoms with Crippen LogP contribution in [0.2, 0.25) is 10.0 Å². The third kappa shape index (κ3) is 3.19. The number of anilines is 1. The number of nitrogens with zero attached hydrogens (tertiary/aromatic N) is 1. The summed E-state index contributed by atoms with van der Waals surface area (Å²) >= 11 is 11.8. The summed E-state index contributed by atoms with van der Waals surface area (Å²) in [5.74, 6) is -0.765. The first kappa shape index (κ1) is 15.8. The third-order valence-electron chi connectivity index (χ3n) is 2.95. The van der Waals surface area contributed by atoms with E-state index in [0.717, 1.165) is 0 Å². The number of ketones is 1. The van der Waals surface area contributed by atoms with Crippen LogP contribution in [0.4, 0.5) is 10.1 Å². The molecule has 0 aliphatic carbocycles. The Morgan fingerprint density at radius 3 is 2.71 bits per heavy atom. The van der Waals surface area contributed by atoms with Gasteiger partial charge in [0.2, 0.25) is 5.90 Å². The highest BCUT2D eigenvalue weighted by atomic mass is 35.5. The van der Waals surface area contributed by atoms with Gasteiger partial charge >= 0.3 is 0 Å². The number of dihydropyridines is 1. The Labute approximate surface area is 131 Å². The van der Waals surface area contributed by atoms with Crippen molar-refractivity contribution in [1.29, 1.82) is 0 Å². The second kappa shape index (κ2) is 6.03. The standard InChI is InChI=1S/C14H13Cl2FN2O2/c1-6(2)7-3-11(19-5-10(7)20)21-14-8(15)4-9(18)13(17)12(14)16/h3-4,6H,5,18H2,1-2H3. The number of Topliss-reactive ketones (excluding diaryl/α,β-unsaturated/α-hetero) is 1. The van der Waals surface area contributed by atoms with Gasteiger partial charge in [-0.2, -0.15) is 0 Å². The van der Waals surface area contributed by atoms with Crippen LogP contribution in [0.3, 0.4) is 0 Å². The summed E-state index contributed by atoms with van der Waals surface area (Å²) in [5.41, 5.74) is 5.83. The highest BCUT2D eigenvalue weighted by Gasteiger charge is 2.22. The number of hydrogen-bond donors (Lipinski definition) is 1. The minimum atomic E-state index is -0.809. The number of halogens is 3. The topological polar surface area (TPSA) is 64.7 Å². The number of nitrogen functional groups attached to an aromatic ring is 1. The number of nitrogens with two attached hydrogens (primary N) is 1. The Balaban J connectivity index is 2.36. The second-order valence-corrected chi connectivity index (χ2v) is 5.62. The molecule has 21 heavy (non-hydrogen) atoms. The minimum absolute atomic E-state index is 0.0218. The van der Waals surface area contributed by atoms with Gasteiger partial charge in [-0.3, -0.25) is 4.79 Å². The van der Waals surface area contributed by atoms with Crippen LogP contribution in [0.15, 0.2) is 22.7 Å². The van der Waals surface area contributed by atoms with Gasteiger partial charge in [0.05, 0.1) is 10.7 Å². The molecule has 1 aromatic carbocycles. The zero-order chi connectivity index (χ0) is 15.7. The molecule has 0 unspecified atom stereocenters. The van der Waals surface area contributed by atoms with Gasteiger partial charge in [0.25, 0.3) is 0 Å². The van der Waals surface area contributed by atoms with E-state index in [1.807, 2.05) is 13.8 Å². The number of carbonyl (C=O) groups excluding carboxylic acids is 1. The molecule has 1 aromatic rings. The summed E-state index contributed by atoms with van der Waals surface area (Å²) in [6, 6.07) is 1.21. The van der Waals surface area contributed by atoms with Crippen LogP contribution in [-0.4, -0.2) is 18.2 Å². The number of aliphatic imine (C=N–C) groups is 1. The highest BCUT2D eigenvalue weighted by molar-refractivity contribution is 6.38. The van der Waals surface area contributed by atoms with E-state index in [1.54, 1.807) is 0 Å². The van der Waals surface area contributed by atoms with Gasteiger partial charge in [-0.05, 0) is 12.0 Å². The summed E-state index contributed by atoms with van der Waals surface area (Å²) in [4.78, 5) is 15.7. The number of hydrogen-bond acceptors (Lipinski definition) is 4. The van der Waals surface area contributed by atoms with Crippen molar-refractivity contribution in [3.63, 3.8) is 0 Å². The maximum atomic E-state index is 13.7. The van der Waals surface area contributed by atoms with Gasteiger partial charge in [0, 0.05) is 11.6 Å². The average Bonchev–Trinajstić information content (AvgIpc) is 2.42. The van der Waals surface area contributed by atoms with E-state index >= 15 is 0 Å². The van der Waals surface area contributed by atoms with Gasteiger partial charge < -0.3 is 10.5 Å². The third-order valence-corrected chi connectivity index (χ3v) is 3.57. The van der Waals surface area contributed by atoms with E-state index in [-0.39, 0.29) is 45.6 Å². The van der Waals surface area contributed by atoms with Gasteiger partial charge in [0.1, 0.15) is 11.6 Å². The van der Waals surface area contributed by atoms with Crippen molar-refractivity contribution in [2.45, 2.75) is 13.8 Å². The Morgan fingerprint density at radius 1 is 1.43 bits per heavy atom. The van der Waals surface area contributed by atoms with Crippen LogP contribution in [-0.2, 0) is 4.79 Å². The Hall–Kier alpha value is -1.59. The molecule has 0 aromatic heterocycles. The van der Waals surface area contributed by atoms with Crippen LogP contribution in [0.1, 0.15) is 13.8 Å². The summed E-state index contributed by atoms with van der Waals surface area (Å²) in [6.45, 7) is 3.75. The number of ether oxygens (including phenoxy) is 1. The Kier molecular flexibility index (Phi) is 4.54. The highest BCUT2D eigenvalue weighted by Crippen LogP contribution is 2.38. The molecule has 112 valence electrons. The normalized spacial score (nSPS) is 15.0. The SMILES string of the molecule is CC(C)C1=CC(Oc2c(Cl)cc(N)c(F)c2Cl)=NCC1=O. The van der Waals surface area contributed by atoms with Crippen LogP contribution < -0.4 is 10.5 Å². The molecule has 0 fully saturated rings. The van der Waals surface area contributed by atoms with E-state index in [0.29, 0.717) is 5.57 Å². The summed E-state index contributed by atoms with van der Waals surface area (Å²) < 4.78 is 19.1. The molecular formula is C14H13Cl2FN2O2. The molecule has 0 saturated heterocycles. The van der Waals surface area contributed by atoms with E-state index in [9.17, 15) is 9.18 Å². The fourth-order valence-corrected chi connectivity index (χ4v) is 2.39. The average molecular weight is 331 g/mol. The van der Waals surface area contributed by atoms with E-state index < -0.39 is 5.82 Å². The van der Waals surface area contributed by atoms with Crippen molar-refractivity contribution in [3.05, 3.63) is 33.6 Å². The summed E-state index contributed by atoms with van der Waals surface area (Å²) in [6.07, 6.45) is 1.51. The first-order valence-electron chi connectivity index (χ1n) is 6.21. The zero-order valence-electron chi connectivity index (χ0n) is 11.4. The molecular weight excluding hydrogens is 318 g/mol. The predicted molar refractivity (Wildman–Crippen MR) is 81.7 cm³/mol. The number of carbonyl (C=O) groups is 1. The molecule has 2 rings (SSSR count). The van der Waals surface area contributed by atoms with Gasteiger partial charge in [-0.25, -0.2) is 9.38 Å². The minimum Gasteiger partial charge on any atom is -0.436 e. The van der Waals surface area contributed by atoms with Crippen molar-refractivity contribution in [2.24, 2.45) is 10.9 Å². The molecule has 0 spiro atoms. The molecule has 4 nitrogen and oxygen atoms in total. The predicted octanol–water partition coefficient (Wildman–Crippen LogP) is 3.66. The van der Waals surface area contributed by atoms with E-state index in [1.165, 1.54) is 12.1 Å². The molecule has 0 radical (unpaired) electrons. The van der Waals surface area contributed by atoms with Crippen molar-refractivity contribution < 1.29 is 13.9 Å². The Bertz CT molecular complexity index is 669. The number of rotatable bonds is 2. The number of benzene rings is 1. The molecule has 1 aliphatic heterocycles. The second-order valence-electron chi connectivity index (χ2n) is 4.84. The summed E-state index contributed by atoms with van der Waals surface area (Å²) in [7, 11) is 0. The molecule has 7 heteroatoms. The molecule has 2 N–H and O–H groups in total. The molecule has 1 aliphatic rings. The van der Waals surface area contributed by atoms with Crippen LogP contribution in [0.5, 0.6) is 5.75 Å². The van der Waals surface area contributed by atoms with Crippen LogP contribution in [0, 0.1) is 11.7 Å². The lowest BCUT2D eigenvalue weighted by Gasteiger charge is -2.17. The molecule has 1 heterocycles. The van der Waals surface area contributed by atoms with Crippen LogP contribution in [0.25, 0.3) is 0 Å². The quantitative estimate of drug-likeness (QED) is 0.664. The van der Waals surface area contributed by atoms with E-state index in [2.05, 4.69) is 4.99 Å². The Morgan fingerprint density at radius 2 is 2.10 bits per heavy atom. The first-order chi connectivity index (χ1) is 9.81. The molecule has 0 saturated carbocycles. The van der Waals surface area contributed by atoms with Crippen molar-refractivity contribution in [1.82, 2.24) is 0 Å². The fourth-order valence-electron chi connectivity index (χ4n) is 1.85. The van der Waals surface area contributed by atoms with E-state index in [4.69, 9.17) is 33.7 Å². The fraction of sp³-hybridized carbons (Fsp3) is 0.286. The van der Waals surface area contributed by atoms with Crippen molar-refractivity contribution in [2.75, 3.05) is 12.3 Å². The lowest BCUT2D eigenvalue weighted by molar-refractivity contribution is -0.114. The molecule has 0 amide bonds. The maximum absolute atomic E-state index is 13.7. The molecule has 0 bridgehead atoms. The largest absolute Gasteiger partial charge is 0.436 e. The van der Waals surface area contributed by atoms with Crippen molar-refractivity contribution in [3.8, 4) is 5.75 Å². The van der Waals surface area contributed by atoms with Crippen molar-refractivity contribution >= 4 is 40.6 Å². The lowest BCUT2D eigenvalue weighted by Crippen LogP contribution is -2.22. The first-order valence-corrected chi connectivity index (χ1v) is 6.97. The lowest BCUT2D eigenvalue weighted by atomic mass is 9.97. The maximum Gasteiger partial charge on any atom is 0.215 e. The van der Waals surface area contributed by atoms with Gasteiger partial charge in [0.15, 0.2) is 17.3 Å². The zero-order valence-corrected chi connectivity index (χ0v) is 12.9. The summed E-state index contributed by atoms with van der Waals surface area (Å²) in [5, 5.41) is -0.253. The molecule has 0 atom stereocenters. The smallest absolute Gasteiger partial charge is 0.215 e. The monoisotopic (exact) mass is 330 g/mol. The van der Waals surface area contributed by atoms with Crippen LogP contribution >= 0.6 is 23.2 Å². The van der Waals surface area contributed by atoms with Gasteiger partial charge in [-0.1, -0.05) is 37.0 Å².